The molecule has 2 aliphatic rings. The number of ether oxygens (including phenoxy) is 1. The van der Waals surface area contributed by atoms with Crippen LogP contribution in [-0.4, -0.2) is 29.8 Å². The molecule has 2 rings (SSSR count). The van der Waals surface area contributed by atoms with E-state index in [0.717, 1.165) is 25.2 Å². The SMILES string of the molecule is CC(NC1CCC(NC(=O)OC(C)(C)C)C1)C1CC1. The van der Waals surface area contributed by atoms with Gasteiger partial charge in [-0.05, 0) is 65.7 Å². The van der Waals surface area contributed by atoms with Gasteiger partial charge in [-0.25, -0.2) is 4.79 Å². The van der Waals surface area contributed by atoms with Gasteiger partial charge in [0.15, 0.2) is 0 Å². The molecular weight excluding hydrogens is 240 g/mol. The summed E-state index contributed by atoms with van der Waals surface area (Å²) in [6, 6.07) is 1.44. The van der Waals surface area contributed by atoms with Crippen LogP contribution in [0.1, 0.15) is 59.8 Å². The van der Waals surface area contributed by atoms with Crippen molar-refractivity contribution in [2.24, 2.45) is 5.92 Å². The van der Waals surface area contributed by atoms with Gasteiger partial charge in [0.2, 0.25) is 0 Å². The highest BCUT2D eigenvalue weighted by Gasteiger charge is 2.32. The summed E-state index contributed by atoms with van der Waals surface area (Å²) in [5, 5.41) is 6.68. The molecule has 110 valence electrons. The maximum absolute atomic E-state index is 11.7. The van der Waals surface area contributed by atoms with Gasteiger partial charge in [0.25, 0.3) is 0 Å². The first kappa shape index (κ1) is 14.6. The number of amides is 1. The number of carbonyl (C=O) groups is 1. The van der Waals surface area contributed by atoms with Gasteiger partial charge >= 0.3 is 6.09 Å². The molecule has 3 atom stereocenters. The van der Waals surface area contributed by atoms with E-state index in [1.165, 1.54) is 12.8 Å². The van der Waals surface area contributed by atoms with E-state index in [0.29, 0.717) is 12.1 Å². The molecule has 0 bridgehead atoms. The fourth-order valence-corrected chi connectivity index (χ4v) is 2.84. The first-order valence-electron chi connectivity index (χ1n) is 7.59. The molecule has 0 spiro atoms. The van der Waals surface area contributed by atoms with Crippen molar-refractivity contribution >= 4 is 6.09 Å². The van der Waals surface area contributed by atoms with Crippen molar-refractivity contribution in [1.29, 1.82) is 0 Å². The van der Waals surface area contributed by atoms with Crippen molar-refractivity contribution in [1.82, 2.24) is 10.6 Å². The molecule has 19 heavy (non-hydrogen) atoms. The molecule has 2 saturated carbocycles. The quantitative estimate of drug-likeness (QED) is 0.824. The van der Waals surface area contributed by atoms with Crippen molar-refractivity contribution in [2.45, 2.75) is 83.5 Å². The molecule has 4 heteroatoms. The smallest absolute Gasteiger partial charge is 0.407 e. The van der Waals surface area contributed by atoms with Crippen molar-refractivity contribution < 1.29 is 9.53 Å². The zero-order valence-electron chi connectivity index (χ0n) is 12.7. The maximum Gasteiger partial charge on any atom is 0.407 e. The normalized spacial score (nSPS) is 29.1. The lowest BCUT2D eigenvalue weighted by Crippen LogP contribution is -2.40. The third-order valence-corrected chi connectivity index (χ3v) is 3.98. The third-order valence-electron chi connectivity index (χ3n) is 3.98. The predicted octanol–water partition coefficient (Wildman–Crippen LogP) is 2.82. The van der Waals surface area contributed by atoms with Crippen LogP contribution in [0.4, 0.5) is 4.79 Å². The summed E-state index contributed by atoms with van der Waals surface area (Å²) in [4.78, 5) is 11.7. The topological polar surface area (TPSA) is 50.4 Å². The van der Waals surface area contributed by atoms with Gasteiger partial charge in [0, 0.05) is 18.1 Å². The molecule has 0 radical (unpaired) electrons. The van der Waals surface area contributed by atoms with Crippen LogP contribution < -0.4 is 10.6 Å². The van der Waals surface area contributed by atoms with Crippen molar-refractivity contribution in [2.75, 3.05) is 0 Å². The Balaban J connectivity index is 1.68. The second-order valence-electron chi connectivity index (χ2n) is 7.15. The van der Waals surface area contributed by atoms with Crippen molar-refractivity contribution in [3.8, 4) is 0 Å². The molecule has 2 aliphatic carbocycles. The second-order valence-corrected chi connectivity index (χ2v) is 7.15. The van der Waals surface area contributed by atoms with Gasteiger partial charge in [-0.1, -0.05) is 0 Å². The lowest BCUT2D eigenvalue weighted by Gasteiger charge is -2.22. The van der Waals surface area contributed by atoms with E-state index in [1.54, 1.807) is 0 Å². The summed E-state index contributed by atoms with van der Waals surface area (Å²) in [6.07, 6.45) is 5.69. The van der Waals surface area contributed by atoms with E-state index in [4.69, 9.17) is 4.74 Å². The van der Waals surface area contributed by atoms with E-state index >= 15 is 0 Å². The monoisotopic (exact) mass is 268 g/mol. The average molecular weight is 268 g/mol. The Morgan fingerprint density at radius 3 is 2.37 bits per heavy atom. The summed E-state index contributed by atoms with van der Waals surface area (Å²) < 4.78 is 5.29. The highest BCUT2D eigenvalue weighted by atomic mass is 16.6. The number of hydrogen-bond acceptors (Lipinski definition) is 3. The zero-order chi connectivity index (χ0) is 14.0. The minimum absolute atomic E-state index is 0.263. The highest BCUT2D eigenvalue weighted by Crippen LogP contribution is 2.33. The van der Waals surface area contributed by atoms with Crippen LogP contribution in [0.2, 0.25) is 0 Å². The van der Waals surface area contributed by atoms with Crippen molar-refractivity contribution in [3.63, 3.8) is 0 Å². The zero-order valence-corrected chi connectivity index (χ0v) is 12.7. The lowest BCUT2D eigenvalue weighted by atomic mass is 10.1. The van der Waals surface area contributed by atoms with Gasteiger partial charge in [-0.2, -0.15) is 0 Å². The van der Waals surface area contributed by atoms with E-state index in [1.807, 2.05) is 20.8 Å². The Hall–Kier alpha value is -0.770. The first-order chi connectivity index (χ1) is 8.83. The van der Waals surface area contributed by atoms with Crippen LogP contribution >= 0.6 is 0 Å². The molecule has 3 unspecified atom stereocenters. The summed E-state index contributed by atoms with van der Waals surface area (Å²) in [7, 11) is 0. The third kappa shape index (κ3) is 5.01. The van der Waals surface area contributed by atoms with Gasteiger partial charge in [-0.15, -0.1) is 0 Å². The Labute approximate surface area is 116 Å². The van der Waals surface area contributed by atoms with Crippen LogP contribution in [0.15, 0.2) is 0 Å². The van der Waals surface area contributed by atoms with Crippen LogP contribution in [0.5, 0.6) is 0 Å². The Morgan fingerprint density at radius 2 is 1.79 bits per heavy atom. The molecule has 0 saturated heterocycles. The van der Waals surface area contributed by atoms with Crippen LogP contribution in [0.3, 0.4) is 0 Å². The van der Waals surface area contributed by atoms with Crippen molar-refractivity contribution in [3.05, 3.63) is 0 Å². The lowest BCUT2D eigenvalue weighted by molar-refractivity contribution is 0.0505. The largest absolute Gasteiger partial charge is 0.444 e. The Bertz CT molecular complexity index is 321. The number of nitrogens with one attached hydrogen (secondary N) is 2. The summed E-state index contributed by atoms with van der Waals surface area (Å²) in [5.41, 5.74) is -0.416. The van der Waals surface area contributed by atoms with Gasteiger partial charge in [0.1, 0.15) is 5.60 Å². The summed E-state index contributed by atoms with van der Waals surface area (Å²) in [6.45, 7) is 7.96. The first-order valence-corrected chi connectivity index (χ1v) is 7.59. The maximum atomic E-state index is 11.7. The van der Waals surface area contributed by atoms with Gasteiger partial charge in [-0.3, -0.25) is 0 Å². The number of hydrogen-bond donors (Lipinski definition) is 2. The highest BCUT2D eigenvalue weighted by molar-refractivity contribution is 5.68. The van der Waals surface area contributed by atoms with E-state index in [9.17, 15) is 4.79 Å². The molecule has 4 nitrogen and oxygen atoms in total. The molecule has 1 amide bonds. The minimum Gasteiger partial charge on any atom is -0.444 e. The number of carbonyl (C=O) groups excluding carboxylic acids is 1. The Morgan fingerprint density at radius 1 is 1.16 bits per heavy atom. The molecule has 2 N–H and O–H groups in total. The molecule has 0 aromatic rings. The minimum atomic E-state index is -0.416. The van der Waals surface area contributed by atoms with Crippen LogP contribution in [0.25, 0.3) is 0 Å². The number of rotatable bonds is 4. The number of alkyl carbamates (subject to hydrolysis) is 1. The van der Waals surface area contributed by atoms with Crippen LogP contribution in [0, 0.1) is 5.92 Å². The summed E-state index contributed by atoms with van der Waals surface area (Å²) >= 11 is 0. The van der Waals surface area contributed by atoms with Gasteiger partial charge in [0.05, 0.1) is 0 Å². The van der Waals surface area contributed by atoms with E-state index in [2.05, 4.69) is 17.6 Å². The van der Waals surface area contributed by atoms with Crippen LogP contribution in [-0.2, 0) is 4.74 Å². The molecule has 0 aliphatic heterocycles. The predicted molar refractivity (Wildman–Crippen MR) is 76.1 cm³/mol. The Kier molecular flexibility index (Phi) is 4.39. The molecule has 0 aromatic carbocycles. The fourth-order valence-electron chi connectivity index (χ4n) is 2.84. The van der Waals surface area contributed by atoms with E-state index < -0.39 is 5.60 Å². The summed E-state index contributed by atoms with van der Waals surface area (Å²) in [5.74, 6) is 0.887. The molecule has 2 fully saturated rings. The molecule has 0 heterocycles. The fraction of sp³-hybridized carbons (Fsp3) is 0.933. The standard InChI is InChI=1S/C15H28N2O2/c1-10(11-5-6-11)16-12-7-8-13(9-12)17-14(18)19-15(2,3)4/h10-13,16H,5-9H2,1-4H3,(H,17,18). The molecule has 0 aromatic heterocycles. The van der Waals surface area contributed by atoms with E-state index in [-0.39, 0.29) is 12.1 Å². The molecular formula is C15H28N2O2. The average Bonchev–Trinajstić information content (AvgIpc) is 3.00. The second kappa shape index (κ2) is 5.70. The van der Waals surface area contributed by atoms with Gasteiger partial charge < -0.3 is 15.4 Å².